The summed E-state index contributed by atoms with van der Waals surface area (Å²) < 4.78 is 6.29. The van der Waals surface area contributed by atoms with Gasteiger partial charge in [-0.1, -0.05) is 18.2 Å². The third-order valence-electron chi connectivity index (χ3n) is 4.09. The second kappa shape index (κ2) is 6.01. The number of fused-ring (bicyclic) bond motifs is 1. The minimum Gasteiger partial charge on any atom is -0.421 e. The molecule has 1 fully saturated rings. The van der Waals surface area contributed by atoms with Gasteiger partial charge >= 0.3 is 5.63 Å². The number of amides is 1. The van der Waals surface area contributed by atoms with Crippen LogP contribution in [0.5, 0.6) is 0 Å². The van der Waals surface area contributed by atoms with E-state index in [0.29, 0.717) is 16.9 Å². The number of anilines is 1. The predicted molar refractivity (Wildman–Crippen MR) is 91.6 cm³/mol. The van der Waals surface area contributed by atoms with Crippen molar-refractivity contribution in [2.24, 2.45) is 0 Å². The number of aromatic nitrogens is 2. The van der Waals surface area contributed by atoms with Crippen molar-refractivity contribution in [2.45, 2.75) is 25.3 Å². The highest BCUT2D eigenvalue weighted by molar-refractivity contribution is 5.92. The van der Waals surface area contributed by atoms with Gasteiger partial charge in [-0.15, -0.1) is 0 Å². The summed E-state index contributed by atoms with van der Waals surface area (Å²) in [7, 11) is 0. The first-order valence-electron chi connectivity index (χ1n) is 8.01. The molecule has 0 atom stereocenters. The molecule has 2 aromatic heterocycles. The fourth-order valence-corrected chi connectivity index (χ4v) is 2.65. The Morgan fingerprint density at radius 3 is 2.80 bits per heavy atom. The zero-order chi connectivity index (χ0) is 17.4. The Bertz CT molecular complexity index is 1080. The highest BCUT2D eigenvalue weighted by Crippen LogP contribution is 2.38. The summed E-state index contributed by atoms with van der Waals surface area (Å²) in [5.41, 5.74) is 0.303. The Labute approximate surface area is 141 Å². The lowest BCUT2D eigenvalue weighted by molar-refractivity contribution is -0.117. The summed E-state index contributed by atoms with van der Waals surface area (Å²) in [6.45, 7) is -0.258. The van der Waals surface area contributed by atoms with E-state index in [-0.39, 0.29) is 17.8 Å². The van der Waals surface area contributed by atoms with Crippen LogP contribution in [0.25, 0.3) is 11.0 Å². The molecule has 7 heteroatoms. The van der Waals surface area contributed by atoms with Crippen molar-refractivity contribution in [3.8, 4) is 0 Å². The highest BCUT2D eigenvalue weighted by atomic mass is 16.4. The van der Waals surface area contributed by atoms with Crippen molar-refractivity contribution >= 4 is 22.6 Å². The van der Waals surface area contributed by atoms with Crippen LogP contribution >= 0.6 is 0 Å². The Morgan fingerprint density at radius 1 is 1.20 bits per heavy atom. The average Bonchev–Trinajstić information content (AvgIpc) is 3.42. The van der Waals surface area contributed by atoms with Gasteiger partial charge in [0.15, 0.2) is 0 Å². The Kier molecular flexibility index (Phi) is 3.68. The first kappa shape index (κ1) is 15.3. The second-order valence-electron chi connectivity index (χ2n) is 6.06. The molecule has 1 aliphatic rings. The minimum atomic E-state index is -0.640. The molecule has 4 rings (SSSR count). The first-order chi connectivity index (χ1) is 12.1. The van der Waals surface area contributed by atoms with Crippen LogP contribution in [0.4, 0.5) is 5.69 Å². The summed E-state index contributed by atoms with van der Waals surface area (Å²) in [6.07, 6.45) is 2.10. The number of nitrogens with one attached hydrogen (secondary N) is 1. The molecule has 3 aromatic rings. The summed E-state index contributed by atoms with van der Waals surface area (Å²) in [5, 5.41) is 7.43. The van der Waals surface area contributed by atoms with Crippen LogP contribution in [-0.2, 0) is 11.3 Å². The van der Waals surface area contributed by atoms with Crippen molar-refractivity contribution in [3.05, 3.63) is 68.9 Å². The average molecular weight is 337 g/mol. The van der Waals surface area contributed by atoms with Gasteiger partial charge in [0.05, 0.1) is 5.69 Å². The summed E-state index contributed by atoms with van der Waals surface area (Å²) in [6, 6.07) is 11.7. The minimum absolute atomic E-state index is 0.0371. The monoisotopic (exact) mass is 337 g/mol. The Hall–Kier alpha value is -3.22. The molecular weight excluding hydrogens is 322 g/mol. The van der Waals surface area contributed by atoms with E-state index >= 15 is 0 Å². The van der Waals surface area contributed by atoms with E-state index in [1.54, 1.807) is 36.4 Å². The molecule has 1 saturated carbocycles. The highest BCUT2D eigenvalue weighted by Gasteiger charge is 2.25. The van der Waals surface area contributed by atoms with E-state index in [9.17, 15) is 14.4 Å². The predicted octanol–water partition coefficient (Wildman–Crippen LogP) is 1.87. The number of hydrogen-bond acceptors (Lipinski definition) is 5. The summed E-state index contributed by atoms with van der Waals surface area (Å²) in [4.78, 5) is 36.1. The Balaban J connectivity index is 1.56. The topological polar surface area (TPSA) is 94.2 Å². The van der Waals surface area contributed by atoms with Gasteiger partial charge in [0.2, 0.25) is 5.91 Å². The lowest BCUT2D eigenvalue weighted by atomic mass is 10.2. The molecule has 2 heterocycles. The van der Waals surface area contributed by atoms with Gasteiger partial charge in [-0.3, -0.25) is 9.59 Å². The van der Waals surface area contributed by atoms with Crippen LogP contribution in [0, 0.1) is 0 Å². The quantitative estimate of drug-likeness (QED) is 0.734. The molecule has 0 spiro atoms. The van der Waals surface area contributed by atoms with Crippen LogP contribution in [0.1, 0.15) is 24.5 Å². The van der Waals surface area contributed by atoms with Gasteiger partial charge < -0.3 is 9.73 Å². The van der Waals surface area contributed by atoms with Gasteiger partial charge in [-0.2, -0.15) is 5.10 Å². The van der Waals surface area contributed by atoms with Gasteiger partial charge in [0, 0.05) is 17.4 Å². The molecule has 0 saturated heterocycles. The van der Waals surface area contributed by atoms with Gasteiger partial charge in [0.1, 0.15) is 17.8 Å². The van der Waals surface area contributed by atoms with Gasteiger partial charge in [-0.05, 0) is 31.0 Å². The number of hydrogen-bond donors (Lipinski definition) is 1. The second-order valence-corrected chi connectivity index (χ2v) is 6.06. The molecule has 0 bridgehead atoms. The van der Waals surface area contributed by atoms with Crippen LogP contribution in [0.2, 0.25) is 0 Å². The van der Waals surface area contributed by atoms with Gasteiger partial charge in [-0.25, -0.2) is 9.48 Å². The number of nitrogens with zero attached hydrogens (tertiary/aromatic N) is 2. The van der Waals surface area contributed by atoms with Crippen molar-refractivity contribution in [2.75, 3.05) is 5.32 Å². The fraction of sp³-hybridized carbons (Fsp3) is 0.222. The van der Waals surface area contributed by atoms with E-state index in [1.807, 2.05) is 0 Å². The number of rotatable bonds is 4. The molecule has 1 aromatic carbocycles. The number of carbonyl (C=O) groups excluding carboxylic acids is 1. The first-order valence-corrected chi connectivity index (χ1v) is 8.01. The number of carbonyl (C=O) groups is 1. The molecule has 1 N–H and O–H groups in total. The van der Waals surface area contributed by atoms with Crippen LogP contribution in [0.15, 0.2) is 56.5 Å². The van der Waals surface area contributed by atoms with E-state index in [4.69, 9.17) is 4.42 Å². The largest absolute Gasteiger partial charge is 0.421 e. The summed E-state index contributed by atoms with van der Waals surface area (Å²) >= 11 is 0. The molecule has 0 radical (unpaired) electrons. The van der Waals surface area contributed by atoms with Gasteiger partial charge in [0.25, 0.3) is 5.56 Å². The third-order valence-corrected chi connectivity index (χ3v) is 4.09. The van der Waals surface area contributed by atoms with Crippen LogP contribution < -0.4 is 16.5 Å². The molecule has 1 aliphatic carbocycles. The molecule has 0 aliphatic heterocycles. The normalized spacial score (nSPS) is 13.8. The standard InChI is InChI=1S/C18H15N3O4/c22-16(10-21-17(23)8-7-13(20-21)11-5-6-11)19-14-9-12-3-1-2-4-15(12)25-18(14)24/h1-4,7-9,11H,5-6,10H2,(H,19,22). The van der Waals surface area contributed by atoms with E-state index in [1.165, 1.54) is 6.07 Å². The number of para-hydroxylation sites is 1. The molecule has 25 heavy (non-hydrogen) atoms. The van der Waals surface area contributed by atoms with Crippen molar-refractivity contribution in [1.29, 1.82) is 0 Å². The molecule has 7 nitrogen and oxygen atoms in total. The maximum atomic E-state index is 12.2. The SMILES string of the molecule is O=C(Cn1nc(C2CC2)ccc1=O)Nc1cc2ccccc2oc1=O. The molecular formula is C18H15N3O4. The van der Waals surface area contributed by atoms with Crippen molar-refractivity contribution < 1.29 is 9.21 Å². The van der Waals surface area contributed by atoms with Crippen molar-refractivity contribution in [3.63, 3.8) is 0 Å². The maximum Gasteiger partial charge on any atom is 0.360 e. The molecule has 0 unspecified atom stereocenters. The van der Waals surface area contributed by atoms with E-state index in [2.05, 4.69) is 10.4 Å². The maximum absolute atomic E-state index is 12.2. The van der Waals surface area contributed by atoms with E-state index in [0.717, 1.165) is 23.2 Å². The molecule has 126 valence electrons. The third kappa shape index (κ3) is 3.21. The lowest BCUT2D eigenvalue weighted by Crippen LogP contribution is -2.30. The lowest BCUT2D eigenvalue weighted by Gasteiger charge is -2.07. The smallest absolute Gasteiger partial charge is 0.360 e. The zero-order valence-electron chi connectivity index (χ0n) is 13.3. The Morgan fingerprint density at radius 2 is 2.00 bits per heavy atom. The van der Waals surface area contributed by atoms with Crippen LogP contribution in [0.3, 0.4) is 0 Å². The van der Waals surface area contributed by atoms with Crippen molar-refractivity contribution in [1.82, 2.24) is 9.78 Å². The van der Waals surface area contributed by atoms with Crippen LogP contribution in [-0.4, -0.2) is 15.7 Å². The number of benzene rings is 1. The van der Waals surface area contributed by atoms with E-state index < -0.39 is 11.5 Å². The molecule has 1 amide bonds. The fourth-order valence-electron chi connectivity index (χ4n) is 2.65. The summed E-state index contributed by atoms with van der Waals surface area (Å²) in [5.74, 6) is -0.132. The zero-order valence-corrected chi connectivity index (χ0v) is 13.3.